The van der Waals surface area contributed by atoms with Gasteiger partial charge in [0.25, 0.3) is 0 Å². The molecular formula is C17H23N3. The lowest BCUT2D eigenvalue weighted by Crippen LogP contribution is -2.06. The van der Waals surface area contributed by atoms with E-state index in [2.05, 4.69) is 48.4 Å². The van der Waals surface area contributed by atoms with Gasteiger partial charge in [0, 0.05) is 12.1 Å². The number of hydrogen-bond donors (Lipinski definition) is 1. The number of hydrogen-bond acceptors (Lipinski definition) is 3. The molecule has 1 N–H and O–H groups in total. The van der Waals surface area contributed by atoms with Gasteiger partial charge in [-0.3, -0.25) is 0 Å². The number of aryl methyl sites for hydroxylation is 3. The smallest absolute Gasteiger partial charge is 0.152 e. The van der Waals surface area contributed by atoms with Gasteiger partial charge in [-0.2, -0.15) is 0 Å². The minimum absolute atomic E-state index is 0.846. The van der Waals surface area contributed by atoms with Crippen LogP contribution in [0.15, 0.2) is 24.3 Å². The maximum atomic E-state index is 4.74. The minimum atomic E-state index is 0.846. The van der Waals surface area contributed by atoms with Gasteiger partial charge in [0.1, 0.15) is 5.69 Å². The number of nitrogens with one attached hydrogen (secondary N) is 1. The van der Waals surface area contributed by atoms with Gasteiger partial charge >= 0.3 is 0 Å². The maximum Gasteiger partial charge on any atom is 0.152 e. The highest BCUT2D eigenvalue weighted by molar-refractivity contribution is 5.72. The van der Waals surface area contributed by atoms with Crippen LogP contribution in [0.5, 0.6) is 0 Å². The molecule has 0 atom stereocenters. The van der Waals surface area contributed by atoms with Crippen molar-refractivity contribution in [3.05, 3.63) is 41.2 Å². The number of anilines is 1. The molecule has 0 aliphatic rings. The van der Waals surface area contributed by atoms with E-state index in [-0.39, 0.29) is 0 Å². The molecule has 0 fully saturated rings. The van der Waals surface area contributed by atoms with Crippen LogP contribution in [0.1, 0.15) is 37.2 Å². The lowest BCUT2D eigenvalue weighted by atomic mass is 10.0. The van der Waals surface area contributed by atoms with Gasteiger partial charge in [-0.15, -0.1) is 0 Å². The molecular weight excluding hydrogens is 246 g/mol. The van der Waals surface area contributed by atoms with Gasteiger partial charge in [0.2, 0.25) is 0 Å². The molecule has 0 bridgehead atoms. The van der Waals surface area contributed by atoms with E-state index in [0.717, 1.165) is 47.8 Å². The van der Waals surface area contributed by atoms with Crippen molar-refractivity contribution in [2.45, 2.75) is 40.5 Å². The van der Waals surface area contributed by atoms with Crippen LogP contribution >= 0.6 is 0 Å². The highest BCUT2D eigenvalue weighted by Crippen LogP contribution is 2.26. The van der Waals surface area contributed by atoms with Gasteiger partial charge in [0.15, 0.2) is 5.82 Å². The van der Waals surface area contributed by atoms with Crippen LogP contribution < -0.4 is 5.32 Å². The van der Waals surface area contributed by atoms with Crippen molar-refractivity contribution in [2.75, 3.05) is 11.9 Å². The fraction of sp³-hybridized carbons (Fsp3) is 0.412. The van der Waals surface area contributed by atoms with E-state index in [1.54, 1.807) is 0 Å². The summed E-state index contributed by atoms with van der Waals surface area (Å²) in [6.45, 7) is 9.14. The van der Waals surface area contributed by atoms with Crippen LogP contribution in [-0.2, 0) is 6.42 Å². The summed E-state index contributed by atoms with van der Waals surface area (Å²) in [6.07, 6.45) is 2.25. The van der Waals surface area contributed by atoms with Crippen LogP contribution in [0.4, 0.5) is 5.82 Å². The second-order valence-corrected chi connectivity index (χ2v) is 5.07. The van der Waals surface area contributed by atoms with E-state index in [9.17, 15) is 0 Å². The van der Waals surface area contributed by atoms with Gasteiger partial charge in [0.05, 0.1) is 11.4 Å². The topological polar surface area (TPSA) is 37.8 Å². The van der Waals surface area contributed by atoms with Crippen molar-refractivity contribution in [1.29, 1.82) is 0 Å². The van der Waals surface area contributed by atoms with E-state index in [4.69, 9.17) is 4.98 Å². The first-order chi connectivity index (χ1) is 9.65. The molecule has 106 valence electrons. The molecule has 3 nitrogen and oxygen atoms in total. The van der Waals surface area contributed by atoms with Crippen LogP contribution in [0, 0.1) is 13.8 Å². The molecule has 0 amide bonds. The molecule has 0 saturated heterocycles. The predicted molar refractivity (Wildman–Crippen MR) is 85.1 cm³/mol. The van der Waals surface area contributed by atoms with Gasteiger partial charge < -0.3 is 5.32 Å². The van der Waals surface area contributed by atoms with Gasteiger partial charge in [-0.25, -0.2) is 9.97 Å². The van der Waals surface area contributed by atoms with Crippen LogP contribution in [0.25, 0.3) is 11.3 Å². The van der Waals surface area contributed by atoms with Crippen LogP contribution in [0.2, 0.25) is 0 Å². The zero-order valence-corrected chi connectivity index (χ0v) is 12.8. The van der Waals surface area contributed by atoms with Crippen molar-refractivity contribution in [3.8, 4) is 11.3 Å². The van der Waals surface area contributed by atoms with E-state index >= 15 is 0 Å². The predicted octanol–water partition coefficient (Wildman–Crippen LogP) is 4.14. The molecule has 2 rings (SSSR count). The summed E-state index contributed by atoms with van der Waals surface area (Å²) in [5.41, 5.74) is 5.42. The van der Waals surface area contributed by atoms with E-state index in [0.29, 0.717) is 0 Å². The molecule has 0 unspecified atom stereocenters. The number of rotatable bonds is 5. The zero-order chi connectivity index (χ0) is 14.5. The van der Waals surface area contributed by atoms with Crippen molar-refractivity contribution >= 4 is 5.82 Å². The van der Waals surface area contributed by atoms with Crippen molar-refractivity contribution in [3.63, 3.8) is 0 Å². The molecule has 0 aliphatic carbocycles. The van der Waals surface area contributed by atoms with Crippen molar-refractivity contribution < 1.29 is 0 Å². The Hall–Kier alpha value is -1.90. The minimum Gasteiger partial charge on any atom is -0.369 e. The SMILES string of the molecule is CCCc1cccc(-c2nc(C)c(C)nc2NCC)c1. The number of nitrogens with zero attached hydrogens (tertiary/aromatic N) is 2. The second kappa shape index (κ2) is 6.51. The molecule has 0 aliphatic heterocycles. The summed E-state index contributed by atoms with van der Waals surface area (Å²) in [5.74, 6) is 0.879. The monoisotopic (exact) mass is 269 g/mol. The van der Waals surface area contributed by atoms with Gasteiger partial charge in [-0.05, 0) is 38.8 Å². The highest BCUT2D eigenvalue weighted by atomic mass is 15.0. The molecule has 0 saturated carbocycles. The third-order valence-corrected chi connectivity index (χ3v) is 3.39. The number of benzene rings is 1. The fourth-order valence-electron chi connectivity index (χ4n) is 2.26. The molecule has 1 aromatic heterocycles. The lowest BCUT2D eigenvalue weighted by Gasteiger charge is -2.12. The Bertz CT molecular complexity index is 591. The second-order valence-electron chi connectivity index (χ2n) is 5.07. The summed E-state index contributed by atoms with van der Waals surface area (Å²) in [4.78, 5) is 9.38. The van der Waals surface area contributed by atoms with Crippen molar-refractivity contribution in [2.24, 2.45) is 0 Å². The van der Waals surface area contributed by atoms with Crippen LogP contribution in [0.3, 0.4) is 0 Å². The Balaban J connectivity index is 2.50. The first-order valence-corrected chi connectivity index (χ1v) is 7.34. The Morgan fingerprint density at radius 3 is 2.50 bits per heavy atom. The molecule has 3 heteroatoms. The summed E-state index contributed by atoms with van der Waals surface area (Å²) in [6, 6.07) is 8.61. The Morgan fingerprint density at radius 2 is 1.80 bits per heavy atom. The third-order valence-electron chi connectivity index (χ3n) is 3.39. The molecule has 20 heavy (non-hydrogen) atoms. The lowest BCUT2D eigenvalue weighted by molar-refractivity contribution is 0.922. The van der Waals surface area contributed by atoms with E-state index < -0.39 is 0 Å². The van der Waals surface area contributed by atoms with E-state index in [1.165, 1.54) is 5.56 Å². The average Bonchev–Trinajstić information content (AvgIpc) is 2.43. The zero-order valence-electron chi connectivity index (χ0n) is 12.8. The van der Waals surface area contributed by atoms with Gasteiger partial charge in [-0.1, -0.05) is 31.5 Å². The Kier molecular flexibility index (Phi) is 4.72. The summed E-state index contributed by atoms with van der Waals surface area (Å²) in [7, 11) is 0. The summed E-state index contributed by atoms with van der Waals surface area (Å²) >= 11 is 0. The first kappa shape index (κ1) is 14.5. The maximum absolute atomic E-state index is 4.74. The standard InChI is InChI=1S/C17H23N3/c1-5-8-14-9-7-10-15(11-14)16-17(18-6-2)20-13(4)12(3)19-16/h7,9-11H,5-6,8H2,1-4H3,(H,18,20). The summed E-state index contributed by atoms with van der Waals surface area (Å²) < 4.78 is 0. The Labute approximate surface area is 121 Å². The average molecular weight is 269 g/mol. The first-order valence-electron chi connectivity index (χ1n) is 7.34. The highest BCUT2D eigenvalue weighted by Gasteiger charge is 2.11. The van der Waals surface area contributed by atoms with Crippen LogP contribution in [-0.4, -0.2) is 16.5 Å². The third kappa shape index (κ3) is 3.16. The van der Waals surface area contributed by atoms with Crippen molar-refractivity contribution in [1.82, 2.24) is 9.97 Å². The summed E-state index contributed by atoms with van der Waals surface area (Å²) in [5, 5.41) is 3.32. The largest absolute Gasteiger partial charge is 0.369 e. The fourth-order valence-corrected chi connectivity index (χ4v) is 2.26. The Morgan fingerprint density at radius 1 is 1.05 bits per heavy atom. The molecule has 0 radical (unpaired) electrons. The normalized spacial score (nSPS) is 10.6. The molecule has 1 heterocycles. The molecule has 0 spiro atoms. The number of aromatic nitrogens is 2. The quantitative estimate of drug-likeness (QED) is 0.886. The van der Waals surface area contributed by atoms with E-state index in [1.807, 2.05) is 13.8 Å². The molecule has 1 aromatic carbocycles. The molecule has 2 aromatic rings.